The van der Waals surface area contributed by atoms with E-state index in [0.29, 0.717) is 19.6 Å². The summed E-state index contributed by atoms with van der Waals surface area (Å²) in [7, 11) is -4.16. The molecule has 70 valence electrons. The second-order valence-corrected chi connectivity index (χ2v) is 4.85. The smallest absolute Gasteiger partial charge is 0.390 e. The summed E-state index contributed by atoms with van der Waals surface area (Å²) < 4.78 is 23.9. The van der Waals surface area contributed by atoms with Crippen molar-refractivity contribution in [2.75, 3.05) is 25.4 Å². The van der Waals surface area contributed by atoms with Gasteiger partial charge in [0.05, 0.1) is 5.75 Å². The van der Waals surface area contributed by atoms with Crippen LogP contribution in [0, 0.1) is 0 Å². The minimum absolute atomic E-state index is 0.0674. The van der Waals surface area contributed by atoms with Gasteiger partial charge < -0.3 is 10.3 Å². The predicted octanol–water partition coefficient (Wildman–Crippen LogP) is -1.67. The first kappa shape index (κ1) is 9.98. The summed E-state index contributed by atoms with van der Waals surface area (Å²) in [5.74, 6) is 0.0674. The SMILES string of the molecule is CB(O)N1CCNCCS1(=O)=O. The van der Waals surface area contributed by atoms with Gasteiger partial charge >= 0.3 is 7.05 Å². The van der Waals surface area contributed by atoms with Crippen LogP contribution < -0.4 is 5.32 Å². The highest BCUT2D eigenvalue weighted by atomic mass is 32.2. The maximum absolute atomic E-state index is 11.4. The highest BCUT2D eigenvalue weighted by molar-refractivity contribution is 7.90. The third-order valence-corrected chi connectivity index (χ3v) is 3.74. The fourth-order valence-corrected chi connectivity index (χ4v) is 2.66. The Morgan fingerprint density at radius 3 is 2.75 bits per heavy atom. The number of nitrogens with zero attached hydrogens (tertiary/aromatic N) is 1. The molecule has 0 radical (unpaired) electrons. The molecule has 12 heavy (non-hydrogen) atoms. The lowest BCUT2D eigenvalue weighted by molar-refractivity contribution is 0.464. The number of nitrogens with one attached hydrogen (secondary N) is 1. The van der Waals surface area contributed by atoms with Crippen LogP contribution in [0.4, 0.5) is 0 Å². The van der Waals surface area contributed by atoms with Gasteiger partial charge in [-0.25, -0.2) is 12.6 Å². The van der Waals surface area contributed by atoms with Crippen molar-refractivity contribution in [3.05, 3.63) is 0 Å². The Kier molecular flexibility index (Phi) is 3.11. The zero-order chi connectivity index (χ0) is 9.19. The van der Waals surface area contributed by atoms with E-state index in [9.17, 15) is 8.42 Å². The maximum atomic E-state index is 11.4. The Morgan fingerprint density at radius 2 is 2.17 bits per heavy atom. The van der Waals surface area contributed by atoms with Crippen LogP contribution in [0.1, 0.15) is 0 Å². The number of rotatable bonds is 1. The largest absolute Gasteiger partial charge is 0.437 e. The first-order chi connectivity index (χ1) is 5.54. The molecule has 0 bridgehead atoms. The van der Waals surface area contributed by atoms with Gasteiger partial charge in [-0.05, 0) is 6.82 Å². The zero-order valence-corrected chi connectivity index (χ0v) is 7.84. The van der Waals surface area contributed by atoms with Crippen LogP contribution in [0.25, 0.3) is 0 Å². The van der Waals surface area contributed by atoms with Crippen molar-refractivity contribution in [2.45, 2.75) is 6.82 Å². The normalized spacial score (nSPS) is 24.8. The van der Waals surface area contributed by atoms with Crippen LogP contribution in [0.5, 0.6) is 0 Å². The topological polar surface area (TPSA) is 69.6 Å². The molecule has 1 saturated heterocycles. The average molecular weight is 192 g/mol. The molecule has 1 aliphatic heterocycles. The Morgan fingerprint density at radius 1 is 1.50 bits per heavy atom. The fraction of sp³-hybridized carbons (Fsp3) is 1.00. The van der Waals surface area contributed by atoms with Crippen LogP contribution >= 0.6 is 0 Å². The Balaban J connectivity index is 2.80. The number of hydrogen-bond donors (Lipinski definition) is 2. The average Bonchev–Trinajstić information content (AvgIpc) is 2.09. The molecule has 0 atom stereocenters. The van der Waals surface area contributed by atoms with Crippen molar-refractivity contribution in [1.29, 1.82) is 0 Å². The van der Waals surface area contributed by atoms with E-state index in [1.165, 1.54) is 6.82 Å². The Labute approximate surface area is 72.9 Å². The molecule has 1 aliphatic rings. The van der Waals surface area contributed by atoms with Crippen molar-refractivity contribution in [3.63, 3.8) is 0 Å². The van der Waals surface area contributed by atoms with Crippen molar-refractivity contribution in [3.8, 4) is 0 Å². The van der Waals surface area contributed by atoms with Crippen molar-refractivity contribution in [2.24, 2.45) is 0 Å². The minimum atomic E-state index is -3.24. The molecule has 0 aromatic rings. The van der Waals surface area contributed by atoms with Gasteiger partial charge in [-0.15, -0.1) is 0 Å². The summed E-state index contributed by atoms with van der Waals surface area (Å²) in [6.45, 7) is 2.87. The van der Waals surface area contributed by atoms with Gasteiger partial charge in [0.25, 0.3) is 0 Å². The molecule has 5 nitrogen and oxygen atoms in total. The van der Waals surface area contributed by atoms with Gasteiger partial charge in [0.15, 0.2) is 0 Å². The molecule has 7 heteroatoms. The maximum Gasteiger partial charge on any atom is 0.390 e. The summed E-state index contributed by atoms with van der Waals surface area (Å²) >= 11 is 0. The first-order valence-electron chi connectivity index (χ1n) is 3.92. The molecule has 0 aliphatic carbocycles. The van der Waals surface area contributed by atoms with Crippen molar-refractivity contribution in [1.82, 2.24) is 9.53 Å². The predicted molar refractivity (Wildman–Crippen MR) is 47.2 cm³/mol. The van der Waals surface area contributed by atoms with E-state index in [0.717, 1.165) is 4.22 Å². The Hall–Kier alpha value is -0.105. The third-order valence-electron chi connectivity index (χ3n) is 1.82. The highest BCUT2D eigenvalue weighted by Crippen LogP contribution is 2.04. The molecule has 2 N–H and O–H groups in total. The summed E-state index contributed by atoms with van der Waals surface area (Å²) in [5.41, 5.74) is 0. The van der Waals surface area contributed by atoms with Crippen LogP contribution in [-0.4, -0.2) is 50.1 Å². The van der Waals surface area contributed by atoms with Crippen molar-refractivity contribution >= 4 is 17.1 Å². The lowest BCUT2D eigenvalue weighted by Crippen LogP contribution is -2.43. The first-order valence-corrected chi connectivity index (χ1v) is 5.53. The molecule has 1 heterocycles. The second kappa shape index (κ2) is 3.74. The number of hydrogen-bond acceptors (Lipinski definition) is 4. The lowest BCUT2D eigenvalue weighted by Gasteiger charge is -2.19. The molecule has 0 aromatic carbocycles. The van der Waals surface area contributed by atoms with Crippen LogP contribution in [0.2, 0.25) is 6.82 Å². The van der Waals surface area contributed by atoms with Gasteiger partial charge in [-0.3, -0.25) is 0 Å². The summed E-state index contributed by atoms with van der Waals surface area (Å²) in [6, 6.07) is 0. The lowest BCUT2D eigenvalue weighted by atomic mass is 9.89. The Bertz CT molecular complexity index is 241. The molecule has 0 aromatic heterocycles. The molecular weight excluding hydrogens is 179 g/mol. The minimum Gasteiger partial charge on any atom is -0.437 e. The van der Waals surface area contributed by atoms with Crippen molar-refractivity contribution < 1.29 is 13.4 Å². The van der Waals surface area contributed by atoms with Gasteiger partial charge in [-0.2, -0.15) is 0 Å². The van der Waals surface area contributed by atoms with E-state index in [1.54, 1.807) is 0 Å². The summed E-state index contributed by atoms with van der Waals surface area (Å²) in [4.78, 5) is 0. The van der Waals surface area contributed by atoms with Crippen LogP contribution in [0.3, 0.4) is 0 Å². The monoisotopic (exact) mass is 192 g/mol. The highest BCUT2D eigenvalue weighted by Gasteiger charge is 2.29. The third kappa shape index (κ3) is 2.19. The van der Waals surface area contributed by atoms with E-state index in [-0.39, 0.29) is 5.75 Å². The van der Waals surface area contributed by atoms with Crippen LogP contribution in [-0.2, 0) is 10.0 Å². The van der Waals surface area contributed by atoms with Gasteiger partial charge in [-0.1, -0.05) is 0 Å². The summed E-state index contributed by atoms with van der Waals surface area (Å²) in [5, 5.41) is 12.1. The molecule has 0 spiro atoms. The van der Waals surface area contributed by atoms with E-state index in [2.05, 4.69) is 5.32 Å². The van der Waals surface area contributed by atoms with E-state index in [1.807, 2.05) is 0 Å². The molecule has 1 fully saturated rings. The molecule has 0 amide bonds. The molecule has 1 rings (SSSR count). The van der Waals surface area contributed by atoms with E-state index >= 15 is 0 Å². The molecule has 0 unspecified atom stereocenters. The van der Waals surface area contributed by atoms with E-state index < -0.39 is 17.1 Å². The second-order valence-electron chi connectivity index (χ2n) is 2.81. The molecule has 0 saturated carbocycles. The van der Waals surface area contributed by atoms with Gasteiger partial charge in [0.1, 0.15) is 0 Å². The molecular formula is C5H13BN2O3S. The summed E-state index contributed by atoms with van der Waals surface area (Å²) in [6.07, 6.45) is 0. The van der Waals surface area contributed by atoms with Gasteiger partial charge in [0, 0.05) is 19.6 Å². The quantitative estimate of drug-likeness (QED) is 0.487. The van der Waals surface area contributed by atoms with E-state index in [4.69, 9.17) is 5.02 Å². The van der Waals surface area contributed by atoms with Crippen LogP contribution in [0.15, 0.2) is 0 Å². The van der Waals surface area contributed by atoms with Gasteiger partial charge in [0.2, 0.25) is 10.0 Å². The zero-order valence-electron chi connectivity index (χ0n) is 7.02. The fourth-order valence-electron chi connectivity index (χ4n) is 1.19. The number of sulfonamides is 1. The standard InChI is InChI=1S/C5H13BN2O3S/c1-6(9)8-4-2-7-3-5-12(8,10)11/h7,9H,2-5H2,1H3.